The standard InChI is InChI=1S/C19H20N2O3/c1-13(7-8-14-5-3-2-4-6-14)20-19(23)15-9-10-16-17(11-15)24-12-18(22)21-16/h2-6,9-11,13H,7-8,12H2,1H3,(H,20,23)(H,21,22). The molecule has 0 saturated carbocycles. The molecule has 2 aromatic carbocycles. The fourth-order valence-corrected chi connectivity index (χ4v) is 2.62. The van der Waals surface area contributed by atoms with E-state index in [1.54, 1.807) is 18.2 Å². The summed E-state index contributed by atoms with van der Waals surface area (Å²) in [6.07, 6.45) is 1.79. The van der Waals surface area contributed by atoms with Gasteiger partial charge in [-0.15, -0.1) is 0 Å². The first-order valence-electron chi connectivity index (χ1n) is 8.03. The van der Waals surface area contributed by atoms with Gasteiger partial charge in [0, 0.05) is 11.6 Å². The molecule has 1 aliphatic heterocycles. The first-order chi connectivity index (χ1) is 11.6. The third kappa shape index (κ3) is 3.93. The highest BCUT2D eigenvalue weighted by atomic mass is 16.5. The van der Waals surface area contributed by atoms with Crippen LogP contribution >= 0.6 is 0 Å². The smallest absolute Gasteiger partial charge is 0.262 e. The Morgan fingerprint density at radius 3 is 2.83 bits per heavy atom. The molecule has 1 aliphatic rings. The van der Waals surface area contributed by atoms with Crippen molar-refractivity contribution in [2.75, 3.05) is 11.9 Å². The number of aryl methyl sites for hydroxylation is 1. The molecule has 0 spiro atoms. The maximum atomic E-state index is 12.4. The molecule has 0 saturated heterocycles. The van der Waals surface area contributed by atoms with E-state index in [9.17, 15) is 9.59 Å². The number of carbonyl (C=O) groups excluding carboxylic acids is 2. The lowest BCUT2D eigenvalue weighted by atomic mass is 10.1. The normalized spacial score (nSPS) is 14.1. The number of nitrogens with one attached hydrogen (secondary N) is 2. The summed E-state index contributed by atoms with van der Waals surface area (Å²) in [5.74, 6) is 0.201. The highest BCUT2D eigenvalue weighted by Gasteiger charge is 2.18. The second-order valence-corrected chi connectivity index (χ2v) is 5.95. The van der Waals surface area contributed by atoms with E-state index in [-0.39, 0.29) is 24.5 Å². The van der Waals surface area contributed by atoms with Gasteiger partial charge in [-0.05, 0) is 43.5 Å². The van der Waals surface area contributed by atoms with Gasteiger partial charge in [-0.2, -0.15) is 0 Å². The molecule has 0 radical (unpaired) electrons. The van der Waals surface area contributed by atoms with Crippen molar-refractivity contribution in [3.63, 3.8) is 0 Å². The largest absolute Gasteiger partial charge is 0.482 e. The van der Waals surface area contributed by atoms with Gasteiger partial charge >= 0.3 is 0 Å². The quantitative estimate of drug-likeness (QED) is 0.889. The Balaban J connectivity index is 1.57. The van der Waals surface area contributed by atoms with E-state index in [2.05, 4.69) is 22.8 Å². The number of benzene rings is 2. The van der Waals surface area contributed by atoms with Crippen LogP contribution < -0.4 is 15.4 Å². The summed E-state index contributed by atoms with van der Waals surface area (Å²) in [5.41, 5.74) is 2.38. The van der Waals surface area contributed by atoms with Gasteiger partial charge in [0.25, 0.3) is 11.8 Å². The molecule has 1 atom stereocenters. The van der Waals surface area contributed by atoms with Crippen LogP contribution in [0.4, 0.5) is 5.69 Å². The molecule has 0 aliphatic carbocycles. The van der Waals surface area contributed by atoms with E-state index in [1.165, 1.54) is 5.56 Å². The Kier molecular flexibility index (Phi) is 4.79. The van der Waals surface area contributed by atoms with Crippen LogP contribution in [0, 0.1) is 0 Å². The number of hydrogen-bond donors (Lipinski definition) is 2. The lowest BCUT2D eigenvalue weighted by Crippen LogP contribution is -2.33. The molecule has 3 rings (SSSR count). The molecule has 2 aromatic rings. The van der Waals surface area contributed by atoms with Crippen LogP contribution in [-0.4, -0.2) is 24.5 Å². The van der Waals surface area contributed by atoms with E-state index >= 15 is 0 Å². The van der Waals surface area contributed by atoms with Crippen LogP contribution in [0.25, 0.3) is 0 Å². The molecule has 5 nitrogen and oxygen atoms in total. The Bertz CT molecular complexity index is 744. The van der Waals surface area contributed by atoms with Gasteiger partial charge < -0.3 is 15.4 Å². The van der Waals surface area contributed by atoms with Gasteiger partial charge in [0.2, 0.25) is 0 Å². The minimum atomic E-state index is -0.186. The first-order valence-corrected chi connectivity index (χ1v) is 8.03. The Morgan fingerprint density at radius 1 is 1.25 bits per heavy atom. The molecule has 2 amide bonds. The van der Waals surface area contributed by atoms with Crippen molar-refractivity contribution in [1.82, 2.24) is 5.32 Å². The summed E-state index contributed by atoms with van der Waals surface area (Å²) in [5, 5.41) is 5.71. The zero-order chi connectivity index (χ0) is 16.9. The van der Waals surface area contributed by atoms with E-state index in [1.807, 2.05) is 25.1 Å². The lowest BCUT2D eigenvalue weighted by molar-refractivity contribution is -0.118. The van der Waals surface area contributed by atoms with E-state index in [0.29, 0.717) is 17.0 Å². The molecule has 0 bridgehead atoms. The maximum absolute atomic E-state index is 12.4. The predicted octanol–water partition coefficient (Wildman–Crippen LogP) is 2.77. The van der Waals surface area contributed by atoms with Crippen molar-refractivity contribution in [2.24, 2.45) is 0 Å². The Hall–Kier alpha value is -2.82. The predicted molar refractivity (Wildman–Crippen MR) is 92.3 cm³/mol. The second-order valence-electron chi connectivity index (χ2n) is 5.95. The topological polar surface area (TPSA) is 67.4 Å². The monoisotopic (exact) mass is 324 g/mol. The molecule has 2 N–H and O–H groups in total. The maximum Gasteiger partial charge on any atom is 0.262 e. The summed E-state index contributed by atoms with van der Waals surface area (Å²) in [6.45, 7) is 1.97. The van der Waals surface area contributed by atoms with Gasteiger partial charge in [-0.25, -0.2) is 0 Å². The molecule has 0 fully saturated rings. The number of carbonyl (C=O) groups is 2. The first kappa shape index (κ1) is 16.1. The summed E-state index contributed by atoms with van der Waals surface area (Å²) < 4.78 is 5.34. The van der Waals surface area contributed by atoms with Crippen LogP contribution in [0.1, 0.15) is 29.3 Å². The van der Waals surface area contributed by atoms with Crippen molar-refractivity contribution in [3.8, 4) is 5.75 Å². The molecular weight excluding hydrogens is 304 g/mol. The fraction of sp³-hybridized carbons (Fsp3) is 0.263. The summed E-state index contributed by atoms with van der Waals surface area (Å²) in [6, 6.07) is 15.3. The minimum Gasteiger partial charge on any atom is -0.482 e. The summed E-state index contributed by atoms with van der Waals surface area (Å²) in [4.78, 5) is 23.6. The van der Waals surface area contributed by atoms with Crippen LogP contribution in [0.15, 0.2) is 48.5 Å². The number of fused-ring (bicyclic) bond motifs is 1. The van der Waals surface area contributed by atoms with E-state index in [4.69, 9.17) is 4.74 Å². The van der Waals surface area contributed by atoms with Crippen molar-refractivity contribution in [1.29, 1.82) is 0 Å². The van der Waals surface area contributed by atoms with Gasteiger partial charge in [0.15, 0.2) is 6.61 Å². The SMILES string of the molecule is CC(CCc1ccccc1)NC(=O)c1ccc2c(c1)OCC(=O)N2. The summed E-state index contributed by atoms with van der Waals surface area (Å²) >= 11 is 0. The second kappa shape index (κ2) is 7.17. The van der Waals surface area contributed by atoms with Crippen LogP contribution in [-0.2, 0) is 11.2 Å². The minimum absolute atomic E-state index is 0.0223. The van der Waals surface area contributed by atoms with Crippen LogP contribution in [0.3, 0.4) is 0 Å². The van der Waals surface area contributed by atoms with Crippen molar-refractivity contribution < 1.29 is 14.3 Å². The Labute approximate surface area is 141 Å². The van der Waals surface area contributed by atoms with Crippen molar-refractivity contribution >= 4 is 17.5 Å². The van der Waals surface area contributed by atoms with E-state index < -0.39 is 0 Å². The molecule has 5 heteroatoms. The molecule has 0 aromatic heterocycles. The average Bonchev–Trinajstić information content (AvgIpc) is 2.60. The lowest BCUT2D eigenvalue weighted by Gasteiger charge is -2.19. The molecule has 24 heavy (non-hydrogen) atoms. The van der Waals surface area contributed by atoms with Gasteiger partial charge in [-0.1, -0.05) is 30.3 Å². The third-order valence-electron chi connectivity index (χ3n) is 3.96. The van der Waals surface area contributed by atoms with E-state index in [0.717, 1.165) is 12.8 Å². The van der Waals surface area contributed by atoms with Crippen LogP contribution in [0.2, 0.25) is 0 Å². The molecular formula is C19H20N2O3. The number of hydrogen-bond acceptors (Lipinski definition) is 3. The van der Waals surface area contributed by atoms with Gasteiger partial charge in [0.05, 0.1) is 5.69 Å². The number of anilines is 1. The zero-order valence-corrected chi connectivity index (χ0v) is 13.5. The third-order valence-corrected chi connectivity index (χ3v) is 3.96. The average molecular weight is 324 g/mol. The molecule has 1 heterocycles. The van der Waals surface area contributed by atoms with Gasteiger partial charge in [0.1, 0.15) is 5.75 Å². The van der Waals surface area contributed by atoms with Crippen LogP contribution in [0.5, 0.6) is 5.75 Å². The number of amides is 2. The Morgan fingerprint density at radius 2 is 2.04 bits per heavy atom. The molecule has 1 unspecified atom stereocenters. The zero-order valence-electron chi connectivity index (χ0n) is 13.5. The number of ether oxygens (including phenoxy) is 1. The summed E-state index contributed by atoms with van der Waals surface area (Å²) in [7, 11) is 0. The number of rotatable bonds is 5. The fourth-order valence-electron chi connectivity index (χ4n) is 2.62. The highest BCUT2D eigenvalue weighted by Crippen LogP contribution is 2.28. The van der Waals surface area contributed by atoms with Crippen molar-refractivity contribution in [2.45, 2.75) is 25.8 Å². The van der Waals surface area contributed by atoms with Crippen molar-refractivity contribution in [3.05, 3.63) is 59.7 Å². The van der Waals surface area contributed by atoms with Gasteiger partial charge in [-0.3, -0.25) is 9.59 Å². The molecule has 124 valence electrons. The highest BCUT2D eigenvalue weighted by molar-refractivity contribution is 5.99.